The summed E-state index contributed by atoms with van der Waals surface area (Å²) in [5.74, 6) is 0.821. The molecule has 130 valence electrons. The van der Waals surface area contributed by atoms with E-state index < -0.39 is 5.91 Å². The van der Waals surface area contributed by atoms with E-state index in [1.165, 1.54) is 7.11 Å². The predicted octanol–water partition coefficient (Wildman–Crippen LogP) is 2.21. The third kappa shape index (κ3) is 2.84. The van der Waals surface area contributed by atoms with Crippen LogP contribution < -0.4 is 24.8 Å². The normalized spacial score (nSPS) is 12.4. The van der Waals surface area contributed by atoms with Gasteiger partial charge in [-0.2, -0.15) is 0 Å². The summed E-state index contributed by atoms with van der Waals surface area (Å²) >= 11 is 0. The number of rotatable bonds is 6. The molecule has 0 spiro atoms. The van der Waals surface area contributed by atoms with Crippen molar-refractivity contribution in [3.8, 4) is 17.2 Å². The lowest BCUT2D eigenvalue weighted by Crippen LogP contribution is -2.20. The topological polar surface area (TPSA) is 85.9 Å². The van der Waals surface area contributed by atoms with Crippen molar-refractivity contribution in [2.24, 2.45) is 0 Å². The molecule has 1 heterocycles. The quantitative estimate of drug-likeness (QED) is 0.783. The van der Waals surface area contributed by atoms with Crippen LogP contribution in [0.25, 0.3) is 0 Å². The van der Waals surface area contributed by atoms with Gasteiger partial charge in [-0.3, -0.25) is 14.9 Å². The summed E-state index contributed by atoms with van der Waals surface area (Å²) in [6.45, 7) is 0.376. The van der Waals surface area contributed by atoms with E-state index >= 15 is 0 Å². The first-order chi connectivity index (χ1) is 12.1. The number of imide groups is 1. The highest BCUT2D eigenvalue weighted by Gasteiger charge is 2.29. The highest BCUT2D eigenvalue weighted by Crippen LogP contribution is 2.40. The largest absolute Gasteiger partial charge is 0.493 e. The van der Waals surface area contributed by atoms with Crippen molar-refractivity contribution in [3.63, 3.8) is 0 Å². The molecule has 7 heteroatoms. The Kier molecular flexibility index (Phi) is 4.47. The van der Waals surface area contributed by atoms with Crippen molar-refractivity contribution in [2.45, 2.75) is 6.54 Å². The molecule has 0 aliphatic carbocycles. The Morgan fingerprint density at radius 2 is 1.68 bits per heavy atom. The van der Waals surface area contributed by atoms with Gasteiger partial charge in [-0.25, -0.2) is 0 Å². The van der Waals surface area contributed by atoms with Crippen molar-refractivity contribution >= 4 is 17.5 Å². The van der Waals surface area contributed by atoms with Gasteiger partial charge in [0.1, 0.15) is 0 Å². The smallest absolute Gasteiger partial charge is 0.261 e. The number of ether oxygens (including phenoxy) is 3. The van der Waals surface area contributed by atoms with Gasteiger partial charge >= 0.3 is 0 Å². The molecule has 0 saturated carbocycles. The maximum Gasteiger partial charge on any atom is 0.261 e. The summed E-state index contributed by atoms with van der Waals surface area (Å²) < 4.78 is 16.1. The molecule has 0 fully saturated rings. The number of carbonyl (C=O) groups is 2. The number of carbonyl (C=O) groups excluding carboxylic acids is 2. The molecule has 3 rings (SSSR count). The van der Waals surface area contributed by atoms with E-state index in [0.29, 0.717) is 40.6 Å². The number of amides is 2. The van der Waals surface area contributed by atoms with Crippen LogP contribution in [0.5, 0.6) is 17.2 Å². The minimum Gasteiger partial charge on any atom is -0.493 e. The molecule has 2 aromatic carbocycles. The van der Waals surface area contributed by atoms with Gasteiger partial charge in [0.15, 0.2) is 11.5 Å². The second kappa shape index (κ2) is 6.72. The third-order valence-corrected chi connectivity index (χ3v) is 4.02. The van der Waals surface area contributed by atoms with Crippen LogP contribution in [0.3, 0.4) is 0 Å². The molecule has 2 amide bonds. The Hall–Kier alpha value is -3.22. The maximum atomic E-state index is 12.0. The summed E-state index contributed by atoms with van der Waals surface area (Å²) in [5.41, 5.74) is 2.13. The third-order valence-electron chi connectivity index (χ3n) is 4.02. The average molecular weight is 342 g/mol. The van der Waals surface area contributed by atoms with Crippen molar-refractivity contribution in [1.82, 2.24) is 5.32 Å². The fourth-order valence-corrected chi connectivity index (χ4v) is 2.86. The molecule has 0 aromatic heterocycles. The highest BCUT2D eigenvalue weighted by molar-refractivity contribution is 6.23. The zero-order chi connectivity index (χ0) is 18.0. The second-order valence-electron chi connectivity index (χ2n) is 5.36. The molecule has 0 bridgehead atoms. The summed E-state index contributed by atoms with van der Waals surface area (Å²) in [7, 11) is 4.64. The van der Waals surface area contributed by atoms with Gasteiger partial charge in [0.05, 0.1) is 32.5 Å². The zero-order valence-corrected chi connectivity index (χ0v) is 14.1. The minimum absolute atomic E-state index is 0.354. The Morgan fingerprint density at radius 3 is 2.36 bits per heavy atom. The van der Waals surface area contributed by atoms with Crippen molar-refractivity contribution in [3.05, 3.63) is 47.0 Å². The lowest BCUT2D eigenvalue weighted by atomic mass is 10.1. The first-order valence-electron chi connectivity index (χ1n) is 7.61. The van der Waals surface area contributed by atoms with Gasteiger partial charge < -0.3 is 19.5 Å². The highest BCUT2D eigenvalue weighted by atomic mass is 16.5. The van der Waals surface area contributed by atoms with Crippen LogP contribution in [-0.4, -0.2) is 33.1 Å². The Morgan fingerprint density at radius 1 is 0.920 bits per heavy atom. The van der Waals surface area contributed by atoms with Crippen molar-refractivity contribution < 1.29 is 23.8 Å². The molecule has 1 aliphatic rings. The molecule has 0 radical (unpaired) electrons. The van der Waals surface area contributed by atoms with E-state index in [1.807, 2.05) is 6.07 Å². The fourth-order valence-electron chi connectivity index (χ4n) is 2.86. The SMILES string of the molecule is COc1ccc(CNc2cccc3c2C(=O)NC3=O)c(OC)c1OC. The van der Waals surface area contributed by atoms with Crippen LogP contribution in [-0.2, 0) is 6.54 Å². The molecular formula is C18H18N2O5. The van der Waals surface area contributed by atoms with Crippen molar-refractivity contribution in [1.29, 1.82) is 0 Å². The van der Waals surface area contributed by atoms with Gasteiger partial charge in [-0.05, 0) is 24.3 Å². The first-order valence-corrected chi connectivity index (χ1v) is 7.61. The lowest BCUT2D eigenvalue weighted by molar-refractivity contribution is 0.0880. The summed E-state index contributed by atoms with van der Waals surface area (Å²) in [4.78, 5) is 23.7. The molecule has 2 aromatic rings. The fraction of sp³-hybridized carbons (Fsp3) is 0.222. The van der Waals surface area contributed by atoms with Crippen LogP contribution in [0.2, 0.25) is 0 Å². The van der Waals surface area contributed by atoms with Gasteiger partial charge in [0, 0.05) is 17.8 Å². The number of hydrogen-bond acceptors (Lipinski definition) is 6. The predicted molar refractivity (Wildman–Crippen MR) is 91.7 cm³/mol. The number of methoxy groups -OCH3 is 3. The summed E-state index contributed by atoms with van der Waals surface area (Å²) in [6, 6.07) is 8.73. The van der Waals surface area contributed by atoms with Gasteiger partial charge in [-0.1, -0.05) is 6.07 Å². The maximum absolute atomic E-state index is 12.0. The first kappa shape index (κ1) is 16.6. The van der Waals surface area contributed by atoms with Gasteiger partial charge in [0.2, 0.25) is 5.75 Å². The zero-order valence-electron chi connectivity index (χ0n) is 14.1. The molecule has 7 nitrogen and oxygen atoms in total. The van der Waals surface area contributed by atoms with Crippen LogP contribution >= 0.6 is 0 Å². The molecule has 1 aliphatic heterocycles. The molecule has 0 saturated heterocycles. The van der Waals surface area contributed by atoms with E-state index in [1.54, 1.807) is 38.5 Å². The molecule has 25 heavy (non-hydrogen) atoms. The molecule has 2 N–H and O–H groups in total. The average Bonchev–Trinajstić information content (AvgIpc) is 2.93. The number of nitrogens with one attached hydrogen (secondary N) is 2. The van der Waals surface area contributed by atoms with E-state index in [0.717, 1.165) is 5.56 Å². The van der Waals surface area contributed by atoms with E-state index in [2.05, 4.69) is 10.6 Å². The van der Waals surface area contributed by atoms with Gasteiger partial charge in [0.25, 0.3) is 11.8 Å². The van der Waals surface area contributed by atoms with Crippen molar-refractivity contribution in [2.75, 3.05) is 26.6 Å². The van der Waals surface area contributed by atoms with Gasteiger partial charge in [-0.15, -0.1) is 0 Å². The standard InChI is InChI=1S/C18H18N2O5/c1-23-13-8-7-10(15(24-2)16(13)25-3)9-19-12-6-4-5-11-14(12)18(22)20-17(11)21/h4-8,19H,9H2,1-3H3,(H,20,21,22). The Bertz CT molecular complexity index is 848. The molecule has 0 unspecified atom stereocenters. The number of hydrogen-bond donors (Lipinski definition) is 2. The monoisotopic (exact) mass is 342 g/mol. The van der Waals surface area contributed by atoms with Crippen LogP contribution in [0.1, 0.15) is 26.3 Å². The molecule has 0 atom stereocenters. The van der Waals surface area contributed by atoms with Crippen LogP contribution in [0.4, 0.5) is 5.69 Å². The van der Waals surface area contributed by atoms with E-state index in [9.17, 15) is 9.59 Å². The number of anilines is 1. The summed E-state index contributed by atoms with van der Waals surface area (Å²) in [6.07, 6.45) is 0. The minimum atomic E-state index is -0.401. The Labute approximate surface area is 144 Å². The van der Waals surface area contributed by atoms with E-state index in [-0.39, 0.29) is 5.91 Å². The number of fused-ring (bicyclic) bond motifs is 1. The second-order valence-corrected chi connectivity index (χ2v) is 5.36. The summed E-state index contributed by atoms with van der Waals surface area (Å²) in [5, 5.41) is 5.48. The van der Waals surface area contributed by atoms with Crippen LogP contribution in [0, 0.1) is 0 Å². The van der Waals surface area contributed by atoms with E-state index in [4.69, 9.17) is 14.2 Å². The lowest BCUT2D eigenvalue weighted by Gasteiger charge is -2.17. The molecular weight excluding hydrogens is 324 g/mol. The van der Waals surface area contributed by atoms with Crippen LogP contribution in [0.15, 0.2) is 30.3 Å². The Balaban J connectivity index is 1.91. The number of benzene rings is 2.